The molecular weight excluding hydrogens is 270 g/mol. The number of nitrogen functional groups attached to an aromatic ring is 1. The monoisotopic (exact) mass is 283 g/mol. The summed E-state index contributed by atoms with van der Waals surface area (Å²) in [5.41, 5.74) is 4.96. The van der Waals surface area contributed by atoms with E-state index in [2.05, 4.69) is 10.4 Å². The summed E-state index contributed by atoms with van der Waals surface area (Å²) in [6, 6.07) is 14.4. The third-order valence-electron chi connectivity index (χ3n) is 3.26. The Hall–Kier alpha value is -2.93. The molecule has 0 fully saturated rings. The molecule has 3 rings (SSSR count). The van der Waals surface area contributed by atoms with E-state index >= 15 is 0 Å². The fraction of sp³-hybridized carbons (Fsp3) is 0.0714. The van der Waals surface area contributed by atoms with Gasteiger partial charge >= 0.3 is 0 Å². The zero-order valence-corrected chi connectivity index (χ0v) is 11.1. The summed E-state index contributed by atoms with van der Waals surface area (Å²) in [4.78, 5) is 14.7. The van der Waals surface area contributed by atoms with Gasteiger partial charge in [-0.05, 0) is 11.6 Å². The Morgan fingerprint density at radius 2 is 2.00 bits per heavy atom. The van der Waals surface area contributed by atoms with E-state index in [-0.39, 0.29) is 5.69 Å². The number of anilines is 1. The molecule has 106 valence electrons. The molecule has 0 aliphatic carbocycles. The fourth-order valence-corrected chi connectivity index (χ4v) is 2.27. The lowest BCUT2D eigenvalue weighted by Crippen LogP contribution is -2.13. The van der Waals surface area contributed by atoms with Crippen LogP contribution >= 0.6 is 0 Å². The molecule has 0 bridgehead atoms. The summed E-state index contributed by atoms with van der Waals surface area (Å²) in [6.45, 7) is 0.578. The van der Waals surface area contributed by atoms with Crippen molar-refractivity contribution in [2.75, 3.05) is 5.43 Å². The minimum Gasteiger partial charge on any atom is -0.305 e. The number of non-ortho nitro benzene ring substituents is 1. The number of nitro groups is 1. The molecule has 0 saturated heterocycles. The van der Waals surface area contributed by atoms with Crippen LogP contribution in [0.5, 0.6) is 0 Å². The summed E-state index contributed by atoms with van der Waals surface area (Å²) in [7, 11) is 0. The van der Waals surface area contributed by atoms with Crippen LogP contribution < -0.4 is 11.3 Å². The number of nitrogens with zero attached hydrogens (tertiary/aromatic N) is 3. The summed E-state index contributed by atoms with van der Waals surface area (Å²) in [5, 5.41) is 10.8. The average Bonchev–Trinajstić information content (AvgIpc) is 2.85. The molecule has 0 aliphatic heterocycles. The Kier molecular flexibility index (Phi) is 3.25. The highest BCUT2D eigenvalue weighted by Gasteiger charge is 2.14. The van der Waals surface area contributed by atoms with Crippen LogP contribution in [0.2, 0.25) is 0 Å². The van der Waals surface area contributed by atoms with Crippen molar-refractivity contribution in [1.29, 1.82) is 0 Å². The van der Waals surface area contributed by atoms with Gasteiger partial charge in [-0.3, -0.25) is 15.5 Å². The van der Waals surface area contributed by atoms with Gasteiger partial charge in [0.25, 0.3) is 5.69 Å². The van der Waals surface area contributed by atoms with Crippen molar-refractivity contribution in [1.82, 2.24) is 9.55 Å². The predicted molar refractivity (Wildman–Crippen MR) is 79.7 cm³/mol. The Balaban J connectivity index is 2.10. The van der Waals surface area contributed by atoms with Gasteiger partial charge in [0.05, 0.1) is 22.5 Å². The second-order valence-corrected chi connectivity index (χ2v) is 4.58. The van der Waals surface area contributed by atoms with Gasteiger partial charge < -0.3 is 4.57 Å². The van der Waals surface area contributed by atoms with Gasteiger partial charge in [-0.2, -0.15) is 0 Å². The first-order chi connectivity index (χ1) is 10.2. The molecule has 1 aromatic heterocycles. The van der Waals surface area contributed by atoms with Crippen molar-refractivity contribution in [2.45, 2.75) is 6.54 Å². The molecule has 1 heterocycles. The highest BCUT2D eigenvalue weighted by Crippen LogP contribution is 2.24. The molecule has 0 atom stereocenters. The summed E-state index contributed by atoms with van der Waals surface area (Å²) >= 11 is 0. The van der Waals surface area contributed by atoms with Crippen LogP contribution in [0.1, 0.15) is 5.56 Å². The van der Waals surface area contributed by atoms with E-state index in [0.29, 0.717) is 18.0 Å². The van der Waals surface area contributed by atoms with Gasteiger partial charge in [0, 0.05) is 12.1 Å². The van der Waals surface area contributed by atoms with E-state index in [1.165, 1.54) is 12.1 Å². The number of benzene rings is 2. The second-order valence-electron chi connectivity index (χ2n) is 4.58. The highest BCUT2D eigenvalue weighted by atomic mass is 16.6. The lowest BCUT2D eigenvalue weighted by molar-refractivity contribution is -0.384. The highest BCUT2D eigenvalue weighted by molar-refractivity contribution is 5.81. The molecule has 0 spiro atoms. The Bertz CT molecular complexity index is 798. The first kappa shape index (κ1) is 13.1. The minimum absolute atomic E-state index is 0.00966. The summed E-state index contributed by atoms with van der Waals surface area (Å²) in [6.07, 6.45) is 0. The first-order valence-electron chi connectivity index (χ1n) is 6.34. The van der Waals surface area contributed by atoms with E-state index in [1.807, 2.05) is 34.9 Å². The lowest BCUT2D eigenvalue weighted by Gasteiger charge is -2.08. The fourth-order valence-electron chi connectivity index (χ4n) is 2.27. The number of hydrogen-bond acceptors (Lipinski definition) is 5. The number of imidazole rings is 1. The molecule has 0 saturated carbocycles. The van der Waals surface area contributed by atoms with Crippen molar-refractivity contribution in [3.8, 4) is 0 Å². The molecule has 3 aromatic rings. The van der Waals surface area contributed by atoms with Crippen LogP contribution in [0.3, 0.4) is 0 Å². The van der Waals surface area contributed by atoms with E-state index in [0.717, 1.165) is 11.1 Å². The van der Waals surface area contributed by atoms with Crippen molar-refractivity contribution in [2.24, 2.45) is 5.84 Å². The number of aromatic nitrogens is 2. The van der Waals surface area contributed by atoms with Crippen LogP contribution in [0.25, 0.3) is 11.0 Å². The van der Waals surface area contributed by atoms with Crippen molar-refractivity contribution in [3.05, 3.63) is 64.2 Å². The molecule has 3 N–H and O–H groups in total. The SMILES string of the molecule is NNc1nc2cc([N+](=O)[O-])ccc2n1Cc1ccccc1. The van der Waals surface area contributed by atoms with Crippen LogP contribution in [-0.4, -0.2) is 14.5 Å². The average molecular weight is 283 g/mol. The lowest BCUT2D eigenvalue weighted by atomic mass is 10.2. The number of fused-ring (bicyclic) bond motifs is 1. The van der Waals surface area contributed by atoms with Gasteiger partial charge in [-0.25, -0.2) is 10.8 Å². The number of nitrogens with two attached hydrogens (primary N) is 1. The number of hydrazine groups is 1. The maximum Gasteiger partial charge on any atom is 0.271 e. The quantitative estimate of drug-likeness (QED) is 0.435. The molecule has 21 heavy (non-hydrogen) atoms. The van der Waals surface area contributed by atoms with Crippen molar-refractivity contribution in [3.63, 3.8) is 0 Å². The maximum absolute atomic E-state index is 10.8. The van der Waals surface area contributed by atoms with Gasteiger partial charge in [0.15, 0.2) is 0 Å². The number of rotatable bonds is 4. The molecule has 0 radical (unpaired) electrons. The number of nitrogens with one attached hydrogen (secondary N) is 1. The minimum atomic E-state index is -0.439. The third-order valence-corrected chi connectivity index (χ3v) is 3.26. The molecule has 2 aromatic carbocycles. The largest absolute Gasteiger partial charge is 0.305 e. The van der Waals surface area contributed by atoms with Crippen molar-refractivity contribution < 1.29 is 4.92 Å². The molecule has 7 nitrogen and oxygen atoms in total. The van der Waals surface area contributed by atoms with Crippen LogP contribution in [0.4, 0.5) is 11.6 Å². The molecule has 0 aliphatic rings. The molecule has 0 amide bonds. The summed E-state index contributed by atoms with van der Waals surface area (Å²) < 4.78 is 1.88. The van der Waals surface area contributed by atoms with E-state index in [1.54, 1.807) is 6.07 Å². The summed E-state index contributed by atoms with van der Waals surface area (Å²) in [5.74, 6) is 5.97. The number of nitro benzene ring substituents is 1. The standard InChI is InChI=1S/C14H13N5O2/c15-17-14-16-12-8-11(19(20)21)6-7-13(12)18(14)9-10-4-2-1-3-5-10/h1-8H,9,15H2,(H,16,17). The normalized spacial score (nSPS) is 10.7. The third kappa shape index (κ3) is 2.41. The van der Waals surface area contributed by atoms with E-state index in [9.17, 15) is 10.1 Å². The van der Waals surface area contributed by atoms with Gasteiger partial charge in [-0.15, -0.1) is 0 Å². The van der Waals surface area contributed by atoms with Crippen LogP contribution in [0, 0.1) is 10.1 Å². The van der Waals surface area contributed by atoms with Crippen LogP contribution in [-0.2, 0) is 6.54 Å². The Labute approximate surface area is 120 Å². The van der Waals surface area contributed by atoms with E-state index in [4.69, 9.17) is 5.84 Å². The molecular formula is C14H13N5O2. The smallest absolute Gasteiger partial charge is 0.271 e. The Morgan fingerprint density at radius 3 is 2.67 bits per heavy atom. The second kappa shape index (κ2) is 5.22. The van der Waals surface area contributed by atoms with E-state index < -0.39 is 4.92 Å². The first-order valence-corrected chi connectivity index (χ1v) is 6.34. The molecule has 7 heteroatoms. The Morgan fingerprint density at radius 1 is 1.24 bits per heavy atom. The zero-order valence-electron chi connectivity index (χ0n) is 11.1. The van der Waals surface area contributed by atoms with Gasteiger partial charge in [-0.1, -0.05) is 30.3 Å². The topological polar surface area (TPSA) is 99.0 Å². The molecule has 0 unspecified atom stereocenters. The van der Waals surface area contributed by atoms with Gasteiger partial charge in [0.1, 0.15) is 0 Å². The van der Waals surface area contributed by atoms with Crippen molar-refractivity contribution >= 4 is 22.7 Å². The number of hydrogen-bond donors (Lipinski definition) is 2. The maximum atomic E-state index is 10.8. The van der Waals surface area contributed by atoms with Crippen LogP contribution in [0.15, 0.2) is 48.5 Å². The van der Waals surface area contributed by atoms with Gasteiger partial charge in [0.2, 0.25) is 5.95 Å². The zero-order chi connectivity index (χ0) is 14.8. The predicted octanol–water partition coefficient (Wildman–Crippen LogP) is 2.28.